The van der Waals surface area contributed by atoms with Crippen LogP contribution in [0.2, 0.25) is 10.3 Å². The van der Waals surface area contributed by atoms with Crippen molar-refractivity contribution in [1.29, 1.82) is 0 Å². The summed E-state index contributed by atoms with van der Waals surface area (Å²) in [6.45, 7) is 0. The lowest BCUT2D eigenvalue weighted by molar-refractivity contribution is -0.385. The van der Waals surface area contributed by atoms with Gasteiger partial charge in [0.2, 0.25) is 5.15 Å². The Kier molecular flexibility index (Phi) is 3.25. The fraction of sp³-hybridized carbons (Fsp3) is 0. The molecular formula is C6HCl3N2O3. The number of pyridine rings is 1. The van der Waals surface area contributed by atoms with E-state index in [-0.39, 0.29) is 15.9 Å². The molecule has 8 heteroatoms. The fourth-order valence-electron chi connectivity index (χ4n) is 0.725. The molecule has 0 aliphatic carbocycles. The van der Waals surface area contributed by atoms with E-state index in [1.807, 2.05) is 0 Å². The first-order chi connectivity index (χ1) is 6.43. The SMILES string of the molecule is O=C(Cl)c1cc([N+](=O)[O-])c(Cl)nc1Cl. The first-order valence-electron chi connectivity index (χ1n) is 3.13. The van der Waals surface area contributed by atoms with Gasteiger partial charge in [0, 0.05) is 6.07 Å². The first kappa shape index (κ1) is 11.2. The summed E-state index contributed by atoms with van der Waals surface area (Å²) < 4.78 is 0. The summed E-state index contributed by atoms with van der Waals surface area (Å²) >= 11 is 16.0. The molecule has 0 bridgehead atoms. The van der Waals surface area contributed by atoms with E-state index < -0.39 is 15.9 Å². The van der Waals surface area contributed by atoms with Gasteiger partial charge in [0.25, 0.3) is 5.24 Å². The van der Waals surface area contributed by atoms with Crippen molar-refractivity contribution in [2.75, 3.05) is 0 Å². The topological polar surface area (TPSA) is 73.1 Å². The average Bonchev–Trinajstić information content (AvgIpc) is 2.02. The van der Waals surface area contributed by atoms with E-state index in [9.17, 15) is 14.9 Å². The van der Waals surface area contributed by atoms with E-state index in [2.05, 4.69) is 4.98 Å². The Labute approximate surface area is 92.7 Å². The van der Waals surface area contributed by atoms with Crippen molar-refractivity contribution in [3.8, 4) is 0 Å². The van der Waals surface area contributed by atoms with Gasteiger partial charge in [-0.1, -0.05) is 23.2 Å². The molecule has 0 aliphatic rings. The van der Waals surface area contributed by atoms with Crippen molar-refractivity contribution in [2.45, 2.75) is 0 Å². The molecule has 0 saturated carbocycles. The minimum atomic E-state index is -0.928. The third-order valence-corrected chi connectivity index (χ3v) is 2.09. The van der Waals surface area contributed by atoms with E-state index >= 15 is 0 Å². The number of nitrogens with zero attached hydrogens (tertiary/aromatic N) is 2. The van der Waals surface area contributed by atoms with Crippen LogP contribution in [0.4, 0.5) is 5.69 Å². The number of rotatable bonds is 2. The smallest absolute Gasteiger partial charge is 0.275 e. The predicted octanol–water partition coefficient (Wildman–Crippen LogP) is 2.68. The van der Waals surface area contributed by atoms with Gasteiger partial charge < -0.3 is 0 Å². The summed E-state index contributed by atoms with van der Waals surface area (Å²) in [4.78, 5) is 23.7. The zero-order valence-corrected chi connectivity index (χ0v) is 8.60. The Morgan fingerprint density at radius 2 is 2.00 bits per heavy atom. The summed E-state index contributed by atoms with van der Waals surface area (Å²) in [6, 6.07) is 0.882. The maximum atomic E-state index is 10.7. The van der Waals surface area contributed by atoms with Crippen molar-refractivity contribution in [3.63, 3.8) is 0 Å². The highest BCUT2D eigenvalue weighted by atomic mass is 35.5. The normalized spacial score (nSPS) is 9.93. The second kappa shape index (κ2) is 4.08. The van der Waals surface area contributed by atoms with E-state index in [0.717, 1.165) is 6.07 Å². The van der Waals surface area contributed by atoms with Gasteiger partial charge in [0.1, 0.15) is 5.15 Å². The maximum absolute atomic E-state index is 10.7. The van der Waals surface area contributed by atoms with Crippen LogP contribution in [0.1, 0.15) is 10.4 Å². The molecular weight excluding hydrogens is 254 g/mol. The van der Waals surface area contributed by atoms with Gasteiger partial charge in [-0.3, -0.25) is 14.9 Å². The summed E-state index contributed by atoms with van der Waals surface area (Å²) in [7, 11) is 0. The highest BCUT2D eigenvalue weighted by molar-refractivity contribution is 6.68. The zero-order valence-electron chi connectivity index (χ0n) is 6.33. The summed E-state index contributed by atoms with van der Waals surface area (Å²) in [6.07, 6.45) is 0. The van der Waals surface area contributed by atoms with E-state index in [1.54, 1.807) is 0 Å². The van der Waals surface area contributed by atoms with Gasteiger partial charge >= 0.3 is 5.69 Å². The van der Waals surface area contributed by atoms with Crippen LogP contribution in [0.5, 0.6) is 0 Å². The molecule has 1 aromatic heterocycles. The van der Waals surface area contributed by atoms with Crippen LogP contribution in [-0.2, 0) is 0 Å². The number of nitro groups is 1. The zero-order chi connectivity index (χ0) is 10.9. The molecule has 14 heavy (non-hydrogen) atoms. The molecule has 0 atom stereocenters. The Morgan fingerprint density at radius 3 is 2.43 bits per heavy atom. The molecule has 0 fully saturated rings. The Balaban J connectivity index is 3.42. The minimum Gasteiger partial charge on any atom is -0.275 e. The van der Waals surface area contributed by atoms with Crippen LogP contribution in [-0.4, -0.2) is 15.1 Å². The Bertz CT molecular complexity index is 386. The lowest BCUT2D eigenvalue weighted by atomic mass is 10.3. The van der Waals surface area contributed by atoms with Crippen molar-refractivity contribution in [1.82, 2.24) is 4.98 Å². The molecule has 5 nitrogen and oxygen atoms in total. The number of carbonyl (C=O) groups is 1. The van der Waals surface area contributed by atoms with Gasteiger partial charge in [0.05, 0.1) is 10.5 Å². The minimum absolute atomic E-state index is 0.246. The number of hydrogen-bond donors (Lipinski definition) is 0. The molecule has 0 saturated heterocycles. The van der Waals surface area contributed by atoms with Crippen LogP contribution < -0.4 is 0 Å². The monoisotopic (exact) mass is 254 g/mol. The summed E-state index contributed by atoms with van der Waals surface area (Å²) in [5, 5.41) is 8.81. The van der Waals surface area contributed by atoms with E-state index in [0.29, 0.717) is 0 Å². The molecule has 0 amide bonds. The van der Waals surface area contributed by atoms with E-state index in [4.69, 9.17) is 34.8 Å². The number of hydrogen-bond acceptors (Lipinski definition) is 4. The van der Waals surface area contributed by atoms with E-state index in [1.165, 1.54) is 0 Å². The quantitative estimate of drug-likeness (QED) is 0.352. The second-order valence-electron chi connectivity index (χ2n) is 2.17. The van der Waals surface area contributed by atoms with Gasteiger partial charge in [0.15, 0.2) is 0 Å². The highest BCUT2D eigenvalue weighted by Gasteiger charge is 2.20. The highest BCUT2D eigenvalue weighted by Crippen LogP contribution is 2.28. The number of aromatic nitrogens is 1. The lowest BCUT2D eigenvalue weighted by Crippen LogP contribution is -1.98. The van der Waals surface area contributed by atoms with Crippen molar-refractivity contribution < 1.29 is 9.72 Å². The van der Waals surface area contributed by atoms with Crippen LogP contribution in [0.25, 0.3) is 0 Å². The van der Waals surface area contributed by atoms with Crippen LogP contribution in [0.3, 0.4) is 0 Å². The van der Waals surface area contributed by atoms with Gasteiger partial charge in [-0.25, -0.2) is 4.98 Å². The van der Waals surface area contributed by atoms with Crippen molar-refractivity contribution in [3.05, 3.63) is 32.1 Å². The molecule has 1 heterocycles. The largest absolute Gasteiger partial charge is 0.307 e. The van der Waals surface area contributed by atoms with Gasteiger partial charge in [-0.2, -0.15) is 0 Å². The molecule has 1 rings (SSSR count). The molecule has 0 radical (unpaired) electrons. The molecule has 1 aromatic rings. The van der Waals surface area contributed by atoms with Crippen LogP contribution >= 0.6 is 34.8 Å². The second-order valence-corrected chi connectivity index (χ2v) is 3.23. The van der Waals surface area contributed by atoms with Gasteiger partial charge in [-0.15, -0.1) is 0 Å². The molecule has 0 aromatic carbocycles. The Morgan fingerprint density at radius 1 is 1.43 bits per heavy atom. The number of carbonyl (C=O) groups excluding carboxylic acids is 1. The third kappa shape index (κ3) is 2.12. The maximum Gasteiger partial charge on any atom is 0.307 e. The molecule has 0 N–H and O–H groups in total. The average molecular weight is 255 g/mol. The van der Waals surface area contributed by atoms with Gasteiger partial charge in [-0.05, 0) is 11.6 Å². The fourth-order valence-corrected chi connectivity index (χ4v) is 1.39. The lowest BCUT2D eigenvalue weighted by Gasteiger charge is -1.99. The van der Waals surface area contributed by atoms with Crippen LogP contribution in [0.15, 0.2) is 6.07 Å². The van der Waals surface area contributed by atoms with Crippen molar-refractivity contribution in [2.24, 2.45) is 0 Å². The van der Waals surface area contributed by atoms with Crippen molar-refractivity contribution >= 4 is 45.7 Å². The number of halogens is 3. The third-order valence-electron chi connectivity index (χ3n) is 1.32. The summed E-state index contributed by atoms with van der Waals surface area (Å²) in [5.74, 6) is 0. The van der Waals surface area contributed by atoms with Crippen LogP contribution in [0, 0.1) is 10.1 Å². The molecule has 0 spiro atoms. The first-order valence-corrected chi connectivity index (χ1v) is 4.27. The molecule has 0 aliphatic heterocycles. The molecule has 74 valence electrons. The summed E-state index contributed by atoms with van der Waals surface area (Å²) in [5.41, 5.74) is -0.760. The standard InChI is InChI=1S/C6HCl3N2O3/c7-4-2(6(9)12)1-3(11(13)14)5(8)10-4/h1H. The Hall–Kier alpha value is -0.910. The molecule has 0 unspecified atom stereocenters. The predicted molar refractivity (Wildman–Crippen MR) is 51.1 cm³/mol.